The molecule has 0 saturated carbocycles. The van der Waals surface area contributed by atoms with E-state index in [0.29, 0.717) is 0 Å². The molecule has 0 amide bonds. The van der Waals surface area contributed by atoms with Crippen molar-refractivity contribution in [2.75, 3.05) is 0 Å². The molecule has 0 fully saturated rings. The van der Waals surface area contributed by atoms with Crippen LogP contribution in [0.25, 0.3) is 0 Å². The minimum Gasteiger partial charge on any atom is 0 e. The van der Waals surface area contributed by atoms with Crippen molar-refractivity contribution in [1.29, 1.82) is 0 Å². The van der Waals surface area contributed by atoms with E-state index in [2.05, 4.69) is 0 Å². The molecular formula is H6AsF6O2P. The molecule has 0 bridgehead atoms. The quantitative estimate of drug-likeness (QED) is 0.371. The van der Waals surface area contributed by atoms with Crippen LogP contribution in [0.3, 0.4) is 0 Å². The molecular weight excluding hydrogens is 252 g/mol. The largest absolute Gasteiger partial charge is 0 e. The van der Waals surface area contributed by atoms with Gasteiger partial charge in [0.1, 0.15) is 0 Å². The maximum atomic E-state index is 8.35. The van der Waals surface area contributed by atoms with Gasteiger partial charge in [0, 0.05) is 18.0 Å². The summed E-state index contributed by atoms with van der Waals surface area (Å²) in [6.07, 6.45) is 0. The van der Waals surface area contributed by atoms with Gasteiger partial charge in [-0.2, -0.15) is 0 Å². The molecule has 4 radical (unpaired) electrons. The van der Waals surface area contributed by atoms with Gasteiger partial charge in [0.2, 0.25) is 0 Å². The van der Waals surface area contributed by atoms with Crippen LogP contribution in [0, 0.1) is 0 Å². The van der Waals surface area contributed by atoms with Gasteiger partial charge >= 0.3 is 17.5 Å². The van der Waals surface area contributed by atoms with Crippen LogP contribution >= 0.6 is 8.34 Å². The van der Waals surface area contributed by atoms with Gasteiger partial charge in [-0.1, -0.05) is 0 Å². The standard InChI is InChI=1S/As.6FH.O2P/c;;;;;;;1-3-2/h;6*1H;. The van der Waals surface area contributed by atoms with E-state index < -0.39 is 8.34 Å². The summed E-state index contributed by atoms with van der Waals surface area (Å²) in [5.74, 6) is 0. The Hall–Kier alpha value is 0.168. The van der Waals surface area contributed by atoms with E-state index in [1.807, 2.05) is 0 Å². The molecule has 70 valence electrons. The van der Waals surface area contributed by atoms with Gasteiger partial charge in [-0.05, 0) is 0 Å². The van der Waals surface area contributed by atoms with Crippen LogP contribution in [0.2, 0.25) is 0 Å². The molecule has 0 aliphatic heterocycles. The normalized spacial score (nSPS) is 0.800. The Morgan fingerprint density at radius 1 is 0.600 bits per heavy atom. The zero-order valence-corrected chi connectivity index (χ0v) is 6.93. The van der Waals surface area contributed by atoms with Crippen molar-refractivity contribution in [3.05, 3.63) is 0 Å². The first-order chi connectivity index (χ1) is 1.41. The van der Waals surface area contributed by atoms with Crippen LogP contribution < -0.4 is 0 Å². The summed E-state index contributed by atoms with van der Waals surface area (Å²) >= 11 is 0. The smallest absolute Gasteiger partial charge is 0 e. The summed E-state index contributed by atoms with van der Waals surface area (Å²) in [5.41, 5.74) is 0. The van der Waals surface area contributed by atoms with Gasteiger partial charge in [-0.25, -0.2) is 0 Å². The van der Waals surface area contributed by atoms with Gasteiger partial charge in [0.05, 0.1) is 0 Å². The average molecular weight is 258 g/mol. The minimum absolute atomic E-state index is 0. The van der Waals surface area contributed by atoms with Crippen LogP contribution in [0.5, 0.6) is 0 Å². The predicted molar refractivity (Wildman–Crippen MR) is 29.1 cm³/mol. The third-order valence-corrected chi connectivity index (χ3v) is 0. The molecule has 0 aromatic carbocycles. The molecule has 0 rings (SSSR count). The van der Waals surface area contributed by atoms with E-state index >= 15 is 0 Å². The van der Waals surface area contributed by atoms with Crippen molar-refractivity contribution in [1.82, 2.24) is 0 Å². The van der Waals surface area contributed by atoms with Crippen LogP contribution in [-0.4, -0.2) is 18.0 Å². The van der Waals surface area contributed by atoms with Gasteiger partial charge < -0.3 is 0 Å². The molecule has 0 aromatic heterocycles. The molecule has 10 heavy (non-hydrogen) atoms. The molecule has 0 saturated heterocycles. The fourth-order valence-corrected chi connectivity index (χ4v) is 0. The predicted octanol–water partition coefficient (Wildman–Crippen LogP) is 1.16. The van der Waals surface area contributed by atoms with E-state index in [0.717, 1.165) is 0 Å². The summed E-state index contributed by atoms with van der Waals surface area (Å²) in [7, 11) is -1.08. The molecule has 0 unspecified atom stereocenters. The number of rotatable bonds is 0. The Balaban J connectivity index is -0.000000000952. The maximum absolute atomic E-state index is 8.35. The molecule has 10 heteroatoms. The van der Waals surface area contributed by atoms with E-state index in [-0.39, 0.29) is 46.2 Å². The number of halogens is 6. The number of hydrogen-bond acceptors (Lipinski definition) is 2. The minimum atomic E-state index is -1.08. The van der Waals surface area contributed by atoms with Gasteiger partial charge in [-0.15, -0.1) is 0 Å². The molecule has 0 spiro atoms. The Morgan fingerprint density at radius 3 is 0.600 bits per heavy atom. The SMILES string of the molecule is F.F.F.F.F.F.O=[P]=O.[As]. The first-order valence-corrected chi connectivity index (χ1v) is 1.10. The molecule has 0 N–H and O–H groups in total. The first-order valence-electron chi connectivity index (χ1n) is 0.365. The first kappa shape index (κ1) is 182. The zero-order valence-electron chi connectivity index (χ0n) is 4.16. The van der Waals surface area contributed by atoms with Crippen LogP contribution in [0.1, 0.15) is 0 Å². The molecule has 0 atom stereocenters. The second-order valence-corrected chi connectivity index (χ2v) is 0.224. The second kappa shape index (κ2) is 448. The van der Waals surface area contributed by atoms with Gasteiger partial charge in [0.15, 0.2) is 0 Å². The van der Waals surface area contributed by atoms with Crippen LogP contribution in [0.4, 0.5) is 28.2 Å². The summed E-state index contributed by atoms with van der Waals surface area (Å²) in [6, 6.07) is 0. The summed E-state index contributed by atoms with van der Waals surface area (Å²) in [6.45, 7) is 0. The Bertz CT molecular complexity index is 36.7. The van der Waals surface area contributed by atoms with Crippen molar-refractivity contribution < 1.29 is 37.4 Å². The fraction of sp³-hybridized carbons (Fsp3) is 0. The Labute approximate surface area is 64.5 Å². The average Bonchev–Trinajstić information content (AvgIpc) is 0.918. The molecule has 0 aliphatic rings. The monoisotopic (exact) mass is 258 g/mol. The van der Waals surface area contributed by atoms with Crippen molar-refractivity contribution in [3.63, 3.8) is 0 Å². The van der Waals surface area contributed by atoms with Crippen molar-refractivity contribution >= 4 is 26.3 Å². The Kier molecular flexibility index (Phi) is 8150. The summed E-state index contributed by atoms with van der Waals surface area (Å²) < 4.78 is 16.7. The fourth-order valence-electron chi connectivity index (χ4n) is 0. The van der Waals surface area contributed by atoms with E-state index in [4.69, 9.17) is 9.13 Å². The van der Waals surface area contributed by atoms with Crippen molar-refractivity contribution in [3.8, 4) is 0 Å². The second-order valence-electron chi connectivity index (χ2n) is 0.0745. The van der Waals surface area contributed by atoms with E-state index in [9.17, 15) is 0 Å². The topological polar surface area (TPSA) is 34.1 Å². The third kappa shape index (κ3) is 14800. The summed E-state index contributed by atoms with van der Waals surface area (Å²) in [4.78, 5) is 0. The molecule has 0 heterocycles. The van der Waals surface area contributed by atoms with E-state index in [1.165, 1.54) is 0 Å². The van der Waals surface area contributed by atoms with Gasteiger partial charge in [0.25, 0.3) is 0 Å². The molecule has 2 nitrogen and oxygen atoms in total. The molecule has 0 aliphatic carbocycles. The van der Waals surface area contributed by atoms with Crippen molar-refractivity contribution in [2.24, 2.45) is 0 Å². The zero-order chi connectivity index (χ0) is 2.71. The molecule has 0 aromatic rings. The maximum Gasteiger partial charge on any atom is 0 e. The summed E-state index contributed by atoms with van der Waals surface area (Å²) in [5, 5.41) is 0. The number of hydrogen-bond donors (Lipinski definition) is 0. The van der Waals surface area contributed by atoms with Crippen LogP contribution in [-0.2, 0) is 9.13 Å². The Morgan fingerprint density at radius 2 is 0.600 bits per heavy atom. The third-order valence-electron chi connectivity index (χ3n) is 0. The van der Waals surface area contributed by atoms with Crippen molar-refractivity contribution in [2.45, 2.75) is 0 Å². The van der Waals surface area contributed by atoms with E-state index in [1.54, 1.807) is 0 Å². The van der Waals surface area contributed by atoms with Gasteiger partial charge in [-0.3, -0.25) is 28.2 Å². The van der Waals surface area contributed by atoms with Crippen LogP contribution in [0.15, 0.2) is 0 Å².